The van der Waals surface area contributed by atoms with E-state index in [1.165, 1.54) is 0 Å². The predicted octanol–water partition coefficient (Wildman–Crippen LogP) is 1.25. The summed E-state index contributed by atoms with van der Waals surface area (Å²) in [5.74, 6) is 1.39. The molecule has 0 aromatic carbocycles. The lowest BCUT2D eigenvalue weighted by molar-refractivity contribution is 0.281. The maximum Gasteiger partial charge on any atom is 0.212 e. The molecular weight excluding hydrogens is 314 g/mol. The number of hydrogen-bond donors (Lipinski definition) is 2. The van der Waals surface area contributed by atoms with Crippen LogP contribution >= 0.6 is 0 Å². The number of rotatable bonds is 6. The molecule has 7 nitrogen and oxygen atoms in total. The largest absolute Gasteiger partial charge is 0.356 e. The van der Waals surface area contributed by atoms with E-state index in [-0.39, 0.29) is 17.7 Å². The van der Waals surface area contributed by atoms with E-state index in [0.29, 0.717) is 6.04 Å². The van der Waals surface area contributed by atoms with Gasteiger partial charge in [-0.3, -0.25) is 0 Å². The van der Waals surface area contributed by atoms with E-state index in [1.54, 1.807) is 6.33 Å². The van der Waals surface area contributed by atoms with Gasteiger partial charge in [0.25, 0.3) is 0 Å². The van der Waals surface area contributed by atoms with Crippen LogP contribution in [-0.2, 0) is 10.0 Å². The van der Waals surface area contributed by atoms with Gasteiger partial charge < -0.3 is 9.88 Å². The Bertz CT molecular complexity index is 808. The molecule has 2 aromatic rings. The van der Waals surface area contributed by atoms with Crippen molar-refractivity contribution in [2.24, 2.45) is 5.92 Å². The van der Waals surface area contributed by atoms with Gasteiger partial charge in [0.1, 0.15) is 17.8 Å². The normalized spacial score (nSPS) is 24.6. The third-order valence-electron chi connectivity index (χ3n) is 4.80. The van der Waals surface area contributed by atoms with E-state index in [2.05, 4.69) is 24.6 Å². The molecule has 4 rings (SSSR count). The summed E-state index contributed by atoms with van der Waals surface area (Å²) in [7, 11) is -1.10. The predicted molar refractivity (Wildman–Crippen MR) is 88.7 cm³/mol. The van der Waals surface area contributed by atoms with Crippen LogP contribution in [-0.4, -0.2) is 48.3 Å². The van der Waals surface area contributed by atoms with Crippen LogP contribution in [0, 0.1) is 5.92 Å². The SMILES string of the molecule is CN(c1ncnc2[nH]ccc12)[C@H]1C[C@H](CS(=O)(=O)NC2CC2)C1. The van der Waals surface area contributed by atoms with Crippen LogP contribution < -0.4 is 9.62 Å². The number of hydrogen-bond acceptors (Lipinski definition) is 5. The van der Waals surface area contributed by atoms with Crippen LogP contribution in [0.15, 0.2) is 18.6 Å². The summed E-state index contributed by atoms with van der Waals surface area (Å²) in [6.45, 7) is 0. The smallest absolute Gasteiger partial charge is 0.212 e. The van der Waals surface area contributed by atoms with Crippen LogP contribution in [0.5, 0.6) is 0 Å². The van der Waals surface area contributed by atoms with Crippen molar-refractivity contribution >= 4 is 26.9 Å². The van der Waals surface area contributed by atoms with E-state index < -0.39 is 10.0 Å². The molecule has 0 amide bonds. The average molecular weight is 335 g/mol. The molecule has 2 saturated carbocycles. The van der Waals surface area contributed by atoms with Crippen LogP contribution in [0.25, 0.3) is 11.0 Å². The lowest BCUT2D eigenvalue weighted by Crippen LogP contribution is -2.46. The Morgan fingerprint density at radius 3 is 2.87 bits per heavy atom. The molecule has 124 valence electrons. The second kappa shape index (κ2) is 5.45. The standard InChI is InChI=1S/C15H21N5O2S/c1-20(15-13-4-5-16-14(13)17-9-18-15)12-6-10(7-12)8-23(21,22)19-11-2-3-11/h4-5,9-12,19H,2-3,6-8H2,1H3,(H,16,17,18)/t10-,12-. The minimum absolute atomic E-state index is 0.196. The Kier molecular flexibility index (Phi) is 3.53. The molecule has 8 heteroatoms. The molecular formula is C15H21N5O2S. The molecule has 2 aromatic heterocycles. The number of H-pyrrole nitrogens is 1. The van der Waals surface area contributed by atoms with Gasteiger partial charge in [-0.2, -0.15) is 0 Å². The Labute approximate surface area is 135 Å². The van der Waals surface area contributed by atoms with E-state index in [9.17, 15) is 8.42 Å². The summed E-state index contributed by atoms with van der Waals surface area (Å²) in [5, 5.41) is 1.00. The second-order valence-electron chi connectivity index (χ2n) is 6.71. The highest BCUT2D eigenvalue weighted by Gasteiger charge is 2.37. The maximum absolute atomic E-state index is 12.0. The van der Waals surface area contributed by atoms with Gasteiger partial charge in [-0.15, -0.1) is 0 Å². The molecule has 0 atom stereocenters. The highest BCUT2D eigenvalue weighted by Crippen LogP contribution is 2.36. The molecule has 2 fully saturated rings. The van der Waals surface area contributed by atoms with Crippen molar-refractivity contribution in [2.75, 3.05) is 17.7 Å². The Morgan fingerprint density at radius 2 is 2.13 bits per heavy atom. The van der Waals surface area contributed by atoms with Crippen LogP contribution in [0.1, 0.15) is 25.7 Å². The van der Waals surface area contributed by atoms with Gasteiger partial charge in [-0.05, 0) is 37.7 Å². The Hall–Kier alpha value is -1.67. The molecule has 0 unspecified atom stereocenters. The van der Waals surface area contributed by atoms with E-state index in [1.807, 2.05) is 19.3 Å². The first-order chi connectivity index (χ1) is 11.0. The van der Waals surface area contributed by atoms with Crippen molar-refractivity contribution in [3.05, 3.63) is 18.6 Å². The minimum atomic E-state index is -3.12. The first-order valence-corrected chi connectivity index (χ1v) is 9.68. The first-order valence-electron chi connectivity index (χ1n) is 8.03. The molecule has 0 aliphatic heterocycles. The van der Waals surface area contributed by atoms with Gasteiger partial charge in [0.2, 0.25) is 10.0 Å². The zero-order chi connectivity index (χ0) is 16.0. The summed E-state index contributed by atoms with van der Waals surface area (Å²) < 4.78 is 26.8. The van der Waals surface area contributed by atoms with Crippen LogP contribution in [0.2, 0.25) is 0 Å². The topological polar surface area (TPSA) is 91.0 Å². The fraction of sp³-hybridized carbons (Fsp3) is 0.600. The van der Waals surface area contributed by atoms with Gasteiger partial charge >= 0.3 is 0 Å². The van der Waals surface area contributed by atoms with Gasteiger partial charge in [-0.1, -0.05) is 0 Å². The average Bonchev–Trinajstić information content (AvgIpc) is 3.13. The number of aromatic nitrogens is 3. The zero-order valence-electron chi connectivity index (χ0n) is 13.1. The van der Waals surface area contributed by atoms with Gasteiger partial charge in [-0.25, -0.2) is 23.1 Å². The minimum Gasteiger partial charge on any atom is -0.356 e. The van der Waals surface area contributed by atoms with Gasteiger partial charge in [0, 0.05) is 25.3 Å². The van der Waals surface area contributed by atoms with E-state index >= 15 is 0 Å². The molecule has 0 radical (unpaired) electrons. The monoisotopic (exact) mass is 335 g/mol. The second-order valence-corrected chi connectivity index (χ2v) is 8.51. The molecule has 2 heterocycles. The lowest BCUT2D eigenvalue weighted by atomic mass is 9.81. The summed E-state index contributed by atoms with van der Waals surface area (Å²) >= 11 is 0. The Balaban J connectivity index is 1.38. The number of aromatic amines is 1. The maximum atomic E-state index is 12.0. The summed E-state index contributed by atoms with van der Waals surface area (Å²) in [5.41, 5.74) is 0.828. The molecule has 2 aliphatic carbocycles. The number of fused-ring (bicyclic) bond motifs is 1. The van der Waals surface area contributed by atoms with Crippen molar-refractivity contribution in [1.82, 2.24) is 19.7 Å². The number of nitrogens with zero attached hydrogens (tertiary/aromatic N) is 3. The third-order valence-corrected chi connectivity index (χ3v) is 6.41. The van der Waals surface area contributed by atoms with Crippen LogP contribution in [0.3, 0.4) is 0 Å². The molecule has 0 bridgehead atoms. The fourth-order valence-electron chi connectivity index (χ4n) is 3.28. The van der Waals surface area contributed by atoms with Crippen molar-refractivity contribution < 1.29 is 8.42 Å². The number of sulfonamides is 1. The highest BCUT2D eigenvalue weighted by molar-refractivity contribution is 7.89. The van der Waals surface area contributed by atoms with E-state index in [0.717, 1.165) is 42.5 Å². The van der Waals surface area contributed by atoms with Crippen molar-refractivity contribution in [3.63, 3.8) is 0 Å². The Morgan fingerprint density at radius 1 is 1.35 bits per heavy atom. The third kappa shape index (κ3) is 3.05. The zero-order valence-corrected chi connectivity index (χ0v) is 13.9. The molecule has 2 N–H and O–H groups in total. The van der Waals surface area contributed by atoms with Crippen molar-refractivity contribution in [1.29, 1.82) is 0 Å². The summed E-state index contributed by atoms with van der Waals surface area (Å²) in [6, 6.07) is 2.51. The highest BCUT2D eigenvalue weighted by atomic mass is 32.2. The van der Waals surface area contributed by atoms with Gasteiger partial charge in [0.05, 0.1) is 11.1 Å². The quantitative estimate of drug-likeness (QED) is 0.829. The van der Waals surface area contributed by atoms with Crippen LogP contribution in [0.4, 0.5) is 5.82 Å². The van der Waals surface area contributed by atoms with E-state index in [4.69, 9.17) is 0 Å². The number of anilines is 1. The molecule has 23 heavy (non-hydrogen) atoms. The van der Waals surface area contributed by atoms with Crippen molar-refractivity contribution in [2.45, 2.75) is 37.8 Å². The first kappa shape index (κ1) is 14.9. The molecule has 0 saturated heterocycles. The van der Waals surface area contributed by atoms with Gasteiger partial charge in [0.15, 0.2) is 0 Å². The lowest BCUT2D eigenvalue weighted by Gasteiger charge is -2.41. The summed E-state index contributed by atoms with van der Waals surface area (Å²) in [6.07, 6.45) is 7.16. The van der Waals surface area contributed by atoms with Crippen molar-refractivity contribution in [3.8, 4) is 0 Å². The fourth-order valence-corrected chi connectivity index (χ4v) is 5.01. The molecule has 2 aliphatic rings. The number of nitrogens with one attached hydrogen (secondary N) is 2. The summed E-state index contributed by atoms with van der Waals surface area (Å²) in [4.78, 5) is 13.8. The molecule has 0 spiro atoms.